The Labute approximate surface area is 260 Å². The second-order valence-electron chi connectivity index (χ2n) is 11.0. The van der Waals surface area contributed by atoms with Gasteiger partial charge in [0, 0.05) is 34.7 Å². The lowest BCUT2D eigenvalue weighted by Crippen LogP contribution is -2.34. The number of H-pyrrole nitrogens is 1. The van der Waals surface area contributed by atoms with Gasteiger partial charge in [-0.15, -0.1) is 0 Å². The molecule has 1 N–H and O–H groups in total. The largest absolute Gasteiger partial charge is 0.492 e. The van der Waals surface area contributed by atoms with Crippen LogP contribution < -0.4 is 4.74 Å². The lowest BCUT2D eigenvalue weighted by Gasteiger charge is -2.32. The van der Waals surface area contributed by atoms with E-state index in [-0.39, 0.29) is 5.82 Å². The number of para-hydroxylation sites is 1. The van der Waals surface area contributed by atoms with Crippen LogP contribution in [0.25, 0.3) is 10.9 Å². The third kappa shape index (κ3) is 6.52. The number of aromatic amines is 1. The lowest BCUT2D eigenvalue weighted by atomic mass is 9.81. The molecule has 43 heavy (non-hydrogen) atoms. The summed E-state index contributed by atoms with van der Waals surface area (Å²) in [7, 11) is 0. The van der Waals surface area contributed by atoms with Crippen molar-refractivity contribution in [2.45, 2.75) is 31.5 Å². The molecule has 0 saturated heterocycles. The monoisotopic (exact) mass is 637 g/mol. The maximum absolute atomic E-state index is 13.9. The minimum atomic E-state index is -0.688. The average Bonchev–Trinajstić information content (AvgIpc) is 3.61. The molecule has 1 aromatic heterocycles. The molecule has 5 aromatic rings. The van der Waals surface area contributed by atoms with Crippen molar-refractivity contribution in [1.82, 2.24) is 9.88 Å². The summed E-state index contributed by atoms with van der Waals surface area (Å²) in [6.07, 6.45) is 4.61. The van der Waals surface area contributed by atoms with Crippen LogP contribution in [0.1, 0.15) is 40.7 Å². The van der Waals surface area contributed by atoms with E-state index in [1.54, 1.807) is 0 Å². The number of nitrogens with zero attached hydrogens (tertiary/aromatic N) is 2. The molecular weight excluding hydrogens is 605 g/mol. The second-order valence-corrected chi connectivity index (χ2v) is 11.9. The molecule has 5 nitrogen and oxygen atoms in total. The van der Waals surface area contributed by atoms with Crippen LogP contribution in [-0.4, -0.2) is 36.1 Å². The number of ether oxygens (including phenoxy) is 2. The average molecular weight is 639 g/mol. The van der Waals surface area contributed by atoms with Crippen LogP contribution in [0.3, 0.4) is 0 Å². The van der Waals surface area contributed by atoms with Gasteiger partial charge in [0.05, 0.1) is 18.2 Å². The van der Waals surface area contributed by atoms with E-state index in [1.165, 1.54) is 23.1 Å². The first-order valence-corrected chi connectivity index (χ1v) is 15.4. The summed E-state index contributed by atoms with van der Waals surface area (Å²) in [4.78, 5) is 5.85. The maximum Gasteiger partial charge on any atom is 0.123 e. The Morgan fingerprint density at radius 2 is 1.81 bits per heavy atom. The number of aromatic nitrogens is 1. The van der Waals surface area contributed by atoms with Crippen molar-refractivity contribution in [3.8, 4) is 11.8 Å². The molecule has 4 aromatic carbocycles. The number of fused-ring (bicyclic) bond motifs is 2. The van der Waals surface area contributed by atoms with Crippen molar-refractivity contribution >= 4 is 26.8 Å². The van der Waals surface area contributed by atoms with Crippen molar-refractivity contribution in [1.29, 1.82) is 5.26 Å². The number of halogens is 2. The van der Waals surface area contributed by atoms with Gasteiger partial charge in [0.2, 0.25) is 0 Å². The van der Waals surface area contributed by atoms with Gasteiger partial charge in [0.15, 0.2) is 0 Å². The van der Waals surface area contributed by atoms with E-state index >= 15 is 0 Å². The fraction of sp³-hybridized carbons (Fsp3) is 0.250. The Kier molecular flexibility index (Phi) is 8.90. The van der Waals surface area contributed by atoms with Crippen molar-refractivity contribution in [2.75, 3.05) is 26.2 Å². The summed E-state index contributed by atoms with van der Waals surface area (Å²) in [5.41, 5.74) is 5.35. The van der Waals surface area contributed by atoms with Crippen LogP contribution in [0.2, 0.25) is 0 Å². The Hall–Kier alpha value is -3.96. The van der Waals surface area contributed by atoms with E-state index in [9.17, 15) is 9.65 Å². The molecule has 1 atom stereocenters. The van der Waals surface area contributed by atoms with Crippen molar-refractivity contribution in [3.05, 3.63) is 135 Å². The van der Waals surface area contributed by atoms with Gasteiger partial charge in [-0.25, -0.2) is 4.39 Å². The van der Waals surface area contributed by atoms with Crippen LogP contribution >= 0.6 is 15.9 Å². The number of nitriles is 1. The summed E-state index contributed by atoms with van der Waals surface area (Å²) in [5.74, 6) is 0.595. The van der Waals surface area contributed by atoms with E-state index in [2.05, 4.69) is 56.3 Å². The normalized spacial score (nSPS) is 16.0. The summed E-state index contributed by atoms with van der Waals surface area (Å²) in [6, 6.07) is 30.9. The van der Waals surface area contributed by atoms with Crippen LogP contribution in [0, 0.1) is 17.1 Å². The van der Waals surface area contributed by atoms with Crippen LogP contribution in [0.5, 0.6) is 5.75 Å². The number of hydrogen-bond acceptors (Lipinski definition) is 4. The Bertz CT molecular complexity index is 1730. The molecule has 218 valence electrons. The fourth-order valence-electron chi connectivity index (χ4n) is 6.10. The lowest BCUT2D eigenvalue weighted by molar-refractivity contribution is -0.0147. The SMILES string of the molecule is N#Cc1ccc2c(c1)COC2(CCCN(CCOc1ccccc1)CCc1c[nH]c2ccc(Br)cc12)c1ccc(F)cc1. The predicted molar refractivity (Wildman–Crippen MR) is 170 cm³/mol. The number of hydrogen-bond donors (Lipinski definition) is 1. The van der Waals surface area contributed by atoms with E-state index in [4.69, 9.17) is 9.47 Å². The molecule has 0 radical (unpaired) electrons. The number of nitrogens with one attached hydrogen (secondary N) is 1. The van der Waals surface area contributed by atoms with Gasteiger partial charge in [0.1, 0.15) is 23.8 Å². The third-order valence-electron chi connectivity index (χ3n) is 8.30. The second kappa shape index (κ2) is 13.1. The predicted octanol–water partition coefficient (Wildman–Crippen LogP) is 8.12. The van der Waals surface area contributed by atoms with E-state index in [1.807, 2.05) is 60.7 Å². The Balaban J connectivity index is 1.19. The van der Waals surface area contributed by atoms with Gasteiger partial charge in [-0.05, 0) is 103 Å². The Morgan fingerprint density at radius 1 is 0.977 bits per heavy atom. The molecule has 0 saturated carbocycles. The van der Waals surface area contributed by atoms with Gasteiger partial charge in [0.25, 0.3) is 0 Å². The molecule has 1 aliphatic heterocycles. The molecule has 1 aliphatic rings. The van der Waals surface area contributed by atoms with Crippen LogP contribution in [0.4, 0.5) is 4.39 Å². The topological polar surface area (TPSA) is 61.3 Å². The molecule has 0 fully saturated rings. The van der Waals surface area contributed by atoms with E-state index in [0.29, 0.717) is 18.8 Å². The molecular formula is C36H33BrFN3O2. The fourth-order valence-corrected chi connectivity index (χ4v) is 6.46. The molecule has 0 bridgehead atoms. The first-order chi connectivity index (χ1) is 21.0. The molecule has 0 aliphatic carbocycles. The number of benzene rings is 4. The van der Waals surface area contributed by atoms with Gasteiger partial charge >= 0.3 is 0 Å². The van der Waals surface area contributed by atoms with Gasteiger partial charge < -0.3 is 14.5 Å². The zero-order valence-electron chi connectivity index (χ0n) is 23.9. The first kappa shape index (κ1) is 29.1. The Morgan fingerprint density at radius 3 is 2.63 bits per heavy atom. The highest BCUT2D eigenvalue weighted by Gasteiger charge is 2.41. The highest BCUT2D eigenvalue weighted by molar-refractivity contribution is 9.10. The van der Waals surface area contributed by atoms with Gasteiger partial charge in [-0.3, -0.25) is 4.90 Å². The molecule has 0 spiro atoms. The van der Waals surface area contributed by atoms with E-state index < -0.39 is 5.60 Å². The smallest absolute Gasteiger partial charge is 0.123 e. The van der Waals surface area contributed by atoms with Crippen LogP contribution in [0.15, 0.2) is 102 Å². The van der Waals surface area contributed by atoms with Gasteiger partial charge in [-0.1, -0.05) is 52.3 Å². The minimum Gasteiger partial charge on any atom is -0.492 e. The molecule has 7 heteroatoms. The summed E-state index contributed by atoms with van der Waals surface area (Å²) in [5, 5.41) is 10.7. The molecule has 2 heterocycles. The summed E-state index contributed by atoms with van der Waals surface area (Å²) < 4.78 is 27.6. The third-order valence-corrected chi connectivity index (χ3v) is 8.80. The first-order valence-electron chi connectivity index (χ1n) is 14.6. The summed E-state index contributed by atoms with van der Waals surface area (Å²) >= 11 is 3.61. The maximum atomic E-state index is 13.9. The van der Waals surface area contributed by atoms with Crippen LogP contribution in [-0.2, 0) is 23.4 Å². The van der Waals surface area contributed by atoms with Crippen molar-refractivity contribution < 1.29 is 13.9 Å². The zero-order chi connectivity index (χ0) is 29.6. The molecule has 6 rings (SSSR count). The highest BCUT2D eigenvalue weighted by Crippen LogP contribution is 2.45. The number of rotatable bonds is 12. The quantitative estimate of drug-likeness (QED) is 0.150. The highest BCUT2D eigenvalue weighted by atomic mass is 79.9. The van der Waals surface area contributed by atoms with Crippen molar-refractivity contribution in [2.24, 2.45) is 0 Å². The zero-order valence-corrected chi connectivity index (χ0v) is 25.4. The van der Waals surface area contributed by atoms with Gasteiger partial charge in [-0.2, -0.15) is 5.26 Å². The molecule has 1 unspecified atom stereocenters. The summed E-state index contributed by atoms with van der Waals surface area (Å²) in [6.45, 7) is 3.52. The minimum absolute atomic E-state index is 0.272. The standard InChI is InChI=1S/C36H33BrFN3O2/c37-30-10-14-35-33(22-30)27(24-40-35)15-18-41(19-20-42-32-5-2-1-3-6-32)17-4-16-36(29-8-11-31(38)12-9-29)34-13-7-26(23-39)21-28(34)25-43-36/h1-3,5-14,21-22,24,40H,4,15-20,25H2. The molecule has 0 amide bonds. The van der Waals surface area contributed by atoms with Crippen molar-refractivity contribution in [3.63, 3.8) is 0 Å². The van der Waals surface area contributed by atoms with E-state index in [0.717, 1.165) is 71.3 Å².